The minimum absolute atomic E-state index is 0.297. The quantitative estimate of drug-likeness (QED) is 0.614. The summed E-state index contributed by atoms with van der Waals surface area (Å²) in [4.78, 5) is 4.34. The van der Waals surface area contributed by atoms with Crippen molar-refractivity contribution in [1.29, 1.82) is 0 Å². The highest BCUT2D eigenvalue weighted by molar-refractivity contribution is 5.64. The molecule has 2 nitrogen and oxygen atoms in total. The normalized spacial score (nSPS) is 13.6. The molecule has 1 heterocycles. The molecule has 0 aliphatic rings. The van der Waals surface area contributed by atoms with E-state index < -0.39 is 5.41 Å². The van der Waals surface area contributed by atoms with Crippen LogP contribution in [0.3, 0.4) is 0 Å². The van der Waals surface area contributed by atoms with Crippen LogP contribution in [0.2, 0.25) is 0 Å². The predicted molar refractivity (Wildman–Crippen MR) is 73.0 cm³/mol. The number of aromatic nitrogens is 1. The van der Waals surface area contributed by atoms with Crippen LogP contribution in [0.4, 0.5) is 4.39 Å². The fraction of sp³-hybridized carbons (Fsp3) is 0.188. The van der Waals surface area contributed by atoms with Crippen molar-refractivity contribution in [2.45, 2.75) is 19.3 Å². The molecular formula is C16H14FNO. The summed E-state index contributed by atoms with van der Waals surface area (Å²) < 4.78 is 18.6. The molecule has 0 amide bonds. The molecule has 2 rings (SSSR count). The zero-order valence-electron chi connectivity index (χ0n) is 10.9. The van der Waals surface area contributed by atoms with E-state index in [1.807, 2.05) is 6.92 Å². The lowest BCUT2D eigenvalue weighted by Gasteiger charge is -2.16. The molecule has 0 spiro atoms. The van der Waals surface area contributed by atoms with E-state index in [1.54, 1.807) is 25.1 Å². The Morgan fingerprint density at radius 3 is 2.58 bits per heavy atom. The van der Waals surface area contributed by atoms with Gasteiger partial charge in [0.25, 0.3) is 0 Å². The molecule has 19 heavy (non-hydrogen) atoms. The number of nitrogens with zero attached hydrogens (tertiary/aromatic N) is 1. The summed E-state index contributed by atoms with van der Waals surface area (Å²) >= 11 is 0. The summed E-state index contributed by atoms with van der Waals surface area (Å²) in [5.41, 5.74) is 0.639. The van der Waals surface area contributed by atoms with Gasteiger partial charge in [-0.15, -0.1) is 13.0 Å². The molecule has 0 N–H and O–H groups in total. The van der Waals surface area contributed by atoms with Crippen LogP contribution in [0.25, 0.3) is 11.3 Å². The summed E-state index contributed by atoms with van der Waals surface area (Å²) in [7, 11) is 0. The van der Waals surface area contributed by atoms with Crippen molar-refractivity contribution >= 4 is 0 Å². The Morgan fingerprint density at radius 2 is 2.05 bits per heavy atom. The largest absolute Gasteiger partial charge is 0.443 e. The Balaban J connectivity index is 2.63. The highest BCUT2D eigenvalue weighted by Gasteiger charge is 2.29. The van der Waals surface area contributed by atoms with Crippen LogP contribution in [0, 0.1) is 25.1 Å². The molecule has 1 atom stereocenters. The van der Waals surface area contributed by atoms with Crippen molar-refractivity contribution < 1.29 is 8.81 Å². The SMILES string of the molecule is C#CC(C)(C=C)c1oc(C)nc1-c1ccc(F)cc1. The molecule has 0 aliphatic heterocycles. The standard InChI is InChI=1S/C16H14FNO/c1-5-16(4,6-2)15-14(18-11(3)19-15)12-7-9-13(17)10-8-12/h1,6-10H,2H2,3-4H3. The first-order valence-electron chi connectivity index (χ1n) is 5.85. The van der Waals surface area contributed by atoms with Crippen LogP contribution in [-0.4, -0.2) is 4.98 Å². The minimum Gasteiger partial charge on any atom is -0.443 e. The van der Waals surface area contributed by atoms with Crippen LogP contribution in [0.15, 0.2) is 41.3 Å². The van der Waals surface area contributed by atoms with E-state index in [0.29, 0.717) is 17.3 Å². The minimum atomic E-state index is -0.745. The first-order valence-corrected chi connectivity index (χ1v) is 5.85. The first-order chi connectivity index (χ1) is 9.00. The van der Waals surface area contributed by atoms with Gasteiger partial charge in [0, 0.05) is 12.5 Å². The molecule has 0 bridgehead atoms. The third-order valence-corrected chi connectivity index (χ3v) is 3.03. The van der Waals surface area contributed by atoms with Crippen molar-refractivity contribution in [1.82, 2.24) is 4.98 Å². The van der Waals surface area contributed by atoms with Gasteiger partial charge >= 0.3 is 0 Å². The van der Waals surface area contributed by atoms with Gasteiger partial charge in [-0.25, -0.2) is 9.37 Å². The second kappa shape index (κ2) is 4.74. The highest BCUT2D eigenvalue weighted by atomic mass is 19.1. The van der Waals surface area contributed by atoms with Gasteiger partial charge in [-0.1, -0.05) is 12.0 Å². The topological polar surface area (TPSA) is 26.0 Å². The monoisotopic (exact) mass is 255 g/mol. The highest BCUT2D eigenvalue weighted by Crippen LogP contribution is 2.34. The Labute approximate surface area is 112 Å². The van der Waals surface area contributed by atoms with Crippen LogP contribution in [-0.2, 0) is 5.41 Å². The Morgan fingerprint density at radius 1 is 1.42 bits per heavy atom. The van der Waals surface area contributed by atoms with Gasteiger partial charge in [0.15, 0.2) is 11.7 Å². The summed E-state index contributed by atoms with van der Waals surface area (Å²) in [6.45, 7) is 7.32. The summed E-state index contributed by atoms with van der Waals surface area (Å²) in [5.74, 6) is 3.42. The number of halogens is 1. The molecule has 1 aromatic carbocycles. The van der Waals surface area contributed by atoms with Crippen molar-refractivity contribution in [3.63, 3.8) is 0 Å². The third kappa shape index (κ3) is 2.30. The summed E-state index contributed by atoms with van der Waals surface area (Å²) in [5, 5.41) is 0. The van der Waals surface area contributed by atoms with Crippen LogP contribution in [0.5, 0.6) is 0 Å². The number of hydrogen-bond acceptors (Lipinski definition) is 2. The lowest BCUT2D eigenvalue weighted by Crippen LogP contribution is -2.15. The number of aryl methyl sites for hydroxylation is 1. The van der Waals surface area contributed by atoms with Gasteiger partial charge in [0.1, 0.15) is 16.9 Å². The fourth-order valence-corrected chi connectivity index (χ4v) is 1.80. The smallest absolute Gasteiger partial charge is 0.191 e. The molecule has 3 heteroatoms. The maximum atomic E-state index is 13.0. The molecule has 0 saturated heterocycles. The van der Waals surface area contributed by atoms with Crippen LogP contribution >= 0.6 is 0 Å². The molecule has 1 aromatic heterocycles. The Hall–Kier alpha value is -2.34. The van der Waals surface area contributed by atoms with Crippen LogP contribution < -0.4 is 0 Å². The number of oxazole rings is 1. The van der Waals surface area contributed by atoms with Gasteiger partial charge in [0.2, 0.25) is 0 Å². The van der Waals surface area contributed by atoms with E-state index in [2.05, 4.69) is 17.5 Å². The molecule has 0 aliphatic carbocycles. The van der Waals surface area contributed by atoms with Crippen molar-refractivity contribution in [2.24, 2.45) is 0 Å². The second-order valence-corrected chi connectivity index (χ2v) is 4.47. The molecule has 0 radical (unpaired) electrons. The van der Waals surface area contributed by atoms with E-state index in [4.69, 9.17) is 10.8 Å². The van der Waals surface area contributed by atoms with Crippen molar-refractivity contribution in [3.05, 3.63) is 54.4 Å². The summed E-state index contributed by atoms with van der Waals surface area (Å²) in [6, 6.07) is 6.06. The van der Waals surface area contributed by atoms with Crippen molar-refractivity contribution in [2.75, 3.05) is 0 Å². The number of hydrogen-bond donors (Lipinski definition) is 0. The van der Waals surface area contributed by atoms with E-state index in [0.717, 1.165) is 5.56 Å². The Bertz CT molecular complexity index is 648. The number of terminal acetylenes is 1. The van der Waals surface area contributed by atoms with E-state index >= 15 is 0 Å². The maximum absolute atomic E-state index is 13.0. The van der Waals surface area contributed by atoms with Gasteiger partial charge in [-0.3, -0.25) is 0 Å². The zero-order valence-corrected chi connectivity index (χ0v) is 10.9. The maximum Gasteiger partial charge on any atom is 0.191 e. The van der Waals surface area contributed by atoms with Gasteiger partial charge in [-0.05, 0) is 31.2 Å². The molecule has 96 valence electrons. The van der Waals surface area contributed by atoms with Gasteiger partial charge in [0.05, 0.1) is 0 Å². The average molecular weight is 255 g/mol. The second-order valence-electron chi connectivity index (χ2n) is 4.47. The van der Waals surface area contributed by atoms with Crippen molar-refractivity contribution in [3.8, 4) is 23.6 Å². The molecule has 1 unspecified atom stereocenters. The van der Waals surface area contributed by atoms with Crippen LogP contribution in [0.1, 0.15) is 18.6 Å². The van der Waals surface area contributed by atoms with E-state index in [-0.39, 0.29) is 5.82 Å². The Kier molecular flexibility index (Phi) is 3.26. The predicted octanol–water partition coefficient (Wildman–Crippen LogP) is 3.87. The first kappa shape index (κ1) is 13.1. The summed E-state index contributed by atoms with van der Waals surface area (Å²) in [6.07, 6.45) is 7.20. The fourth-order valence-electron chi connectivity index (χ4n) is 1.80. The molecule has 2 aromatic rings. The van der Waals surface area contributed by atoms with E-state index in [1.165, 1.54) is 12.1 Å². The number of benzene rings is 1. The third-order valence-electron chi connectivity index (χ3n) is 3.03. The number of rotatable bonds is 3. The zero-order chi connectivity index (χ0) is 14.0. The van der Waals surface area contributed by atoms with Gasteiger partial charge in [-0.2, -0.15) is 0 Å². The molecule has 0 saturated carbocycles. The lowest BCUT2D eigenvalue weighted by atomic mass is 9.86. The van der Waals surface area contributed by atoms with E-state index in [9.17, 15) is 4.39 Å². The lowest BCUT2D eigenvalue weighted by molar-refractivity contribution is 0.442. The average Bonchev–Trinajstić information content (AvgIpc) is 2.81. The molecule has 0 fully saturated rings. The molecular weight excluding hydrogens is 241 g/mol. The van der Waals surface area contributed by atoms with Gasteiger partial charge < -0.3 is 4.42 Å². The number of allylic oxidation sites excluding steroid dienone is 1.